The fraction of sp³-hybridized carbons (Fsp3) is 0.194. The Balaban J connectivity index is 1.81. The van der Waals surface area contributed by atoms with Crippen molar-refractivity contribution in [3.05, 3.63) is 117 Å². The summed E-state index contributed by atoms with van der Waals surface area (Å²) < 4.78 is 77.6. The molecule has 4 aromatic rings. The van der Waals surface area contributed by atoms with Crippen molar-refractivity contribution >= 4 is 11.9 Å². The van der Waals surface area contributed by atoms with E-state index in [1.807, 2.05) is 0 Å². The molecule has 12 heteroatoms. The lowest BCUT2D eigenvalue weighted by Gasteiger charge is -2.25. The molecule has 1 aromatic heterocycles. The Morgan fingerprint density at radius 3 is 2.40 bits per heavy atom. The first-order chi connectivity index (χ1) is 20.2. The van der Waals surface area contributed by atoms with Crippen LogP contribution in [-0.4, -0.2) is 21.6 Å². The minimum absolute atomic E-state index is 0.0291. The van der Waals surface area contributed by atoms with Crippen LogP contribution in [0.15, 0.2) is 71.7 Å². The van der Waals surface area contributed by atoms with Gasteiger partial charge < -0.3 is 15.2 Å². The Bertz CT molecular complexity index is 1830. The molecule has 0 saturated carbocycles. The number of carbonyl (C=O) groups is 2. The van der Waals surface area contributed by atoms with Gasteiger partial charge in [-0.2, -0.15) is 13.2 Å². The van der Waals surface area contributed by atoms with Crippen LogP contribution in [0.4, 0.5) is 22.0 Å². The summed E-state index contributed by atoms with van der Waals surface area (Å²) in [4.78, 5) is 38.7. The van der Waals surface area contributed by atoms with Crippen LogP contribution >= 0.6 is 0 Å². The summed E-state index contributed by atoms with van der Waals surface area (Å²) in [6.45, 7) is 3.24. The lowest BCUT2D eigenvalue weighted by atomic mass is 9.92. The Hall–Kier alpha value is -5.00. The number of carboxylic acids is 1. The lowest BCUT2D eigenvalue weighted by Crippen LogP contribution is -2.40. The molecule has 0 unspecified atom stereocenters. The van der Waals surface area contributed by atoms with Gasteiger partial charge in [-0.15, -0.1) is 0 Å². The van der Waals surface area contributed by atoms with E-state index in [-0.39, 0.29) is 28.7 Å². The predicted molar refractivity (Wildman–Crippen MR) is 145 cm³/mol. The van der Waals surface area contributed by atoms with Crippen LogP contribution in [-0.2, 0) is 15.8 Å². The van der Waals surface area contributed by atoms with Crippen molar-refractivity contribution in [1.82, 2.24) is 9.88 Å². The number of aryl methyl sites for hydroxylation is 2. The number of hydrogen-bond acceptors (Lipinski definition) is 4. The highest BCUT2D eigenvalue weighted by molar-refractivity contribution is 5.85. The number of carboxylic acid groups (broad SMARTS) is 1. The predicted octanol–water partition coefficient (Wildman–Crippen LogP) is 6.46. The van der Waals surface area contributed by atoms with Gasteiger partial charge in [-0.05, 0) is 73.0 Å². The van der Waals surface area contributed by atoms with Gasteiger partial charge in [-0.25, -0.2) is 8.78 Å². The first-order valence-electron chi connectivity index (χ1n) is 12.9. The minimum Gasteiger partial charge on any atom is -0.481 e. The Morgan fingerprint density at radius 2 is 1.72 bits per heavy atom. The van der Waals surface area contributed by atoms with Crippen molar-refractivity contribution in [2.45, 2.75) is 38.5 Å². The fourth-order valence-corrected chi connectivity index (χ4v) is 5.17. The number of nitrogens with one attached hydrogen (secondary N) is 1. The number of ether oxygens (including phenoxy) is 1. The molecule has 4 bridgehead atoms. The highest BCUT2D eigenvalue weighted by Crippen LogP contribution is 2.40. The van der Waals surface area contributed by atoms with E-state index in [0.29, 0.717) is 33.5 Å². The number of amides is 1. The van der Waals surface area contributed by atoms with Gasteiger partial charge in [0.05, 0.1) is 18.0 Å². The van der Waals surface area contributed by atoms with Gasteiger partial charge in [0.25, 0.3) is 5.56 Å². The van der Waals surface area contributed by atoms with E-state index in [0.717, 1.165) is 12.1 Å². The van der Waals surface area contributed by atoms with Crippen molar-refractivity contribution < 1.29 is 41.4 Å². The summed E-state index contributed by atoms with van der Waals surface area (Å²) in [5, 5.41) is 12.1. The Labute approximate surface area is 241 Å². The minimum atomic E-state index is -4.87. The maximum absolute atomic E-state index is 15.6. The smallest absolute Gasteiger partial charge is 0.416 e. The first kappa shape index (κ1) is 29.5. The topological polar surface area (TPSA) is 97.6 Å². The molecule has 5 rings (SSSR count). The Morgan fingerprint density at radius 1 is 0.977 bits per heavy atom. The SMILES string of the molecule is Cc1cc2cc(c1F)[C@@H](CC(=O)O)NC(=O)[C@H](n1ccc(C(F)(F)F)cc1=O)c1cc(ccc1F)Oc1cccc(C)c1-2. The van der Waals surface area contributed by atoms with E-state index in [2.05, 4.69) is 5.32 Å². The van der Waals surface area contributed by atoms with E-state index in [4.69, 9.17) is 4.74 Å². The molecule has 2 N–H and O–H groups in total. The van der Waals surface area contributed by atoms with E-state index in [1.54, 1.807) is 25.1 Å². The molecule has 0 saturated heterocycles. The number of carbonyl (C=O) groups excluding carboxylic acids is 1. The van der Waals surface area contributed by atoms with Crippen LogP contribution in [0.3, 0.4) is 0 Å². The molecule has 0 spiro atoms. The van der Waals surface area contributed by atoms with E-state index < -0.39 is 64.9 Å². The number of aliphatic carboxylic acids is 1. The molecule has 2 atom stereocenters. The average Bonchev–Trinajstić information content (AvgIpc) is 2.92. The molecule has 0 aliphatic carbocycles. The number of hydrogen-bond donors (Lipinski definition) is 2. The number of rotatable bonds is 3. The zero-order valence-electron chi connectivity index (χ0n) is 22.6. The second-order valence-corrected chi connectivity index (χ2v) is 10.2. The maximum Gasteiger partial charge on any atom is 0.416 e. The Kier molecular flexibility index (Phi) is 7.55. The number of aromatic nitrogens is 1. The third-order valence-electron chi connectivity index (χ3n) is 7.17. The van der Waals surface area contributed by atoms with E-state index in [9.17, 15) is 32.7 Å². The summed E-state index contributed by atoms with van der Waals surface area (Å²) in [7, 11) is 0. The molecule has 0 fully saturated rings. The highest BCUT2D eigenvalue weighted by atomic mass is 19.4. The molecule has 0 radical (unpaired) electrons. The van der Waals surface area contributed by atoms with Crippen molar-refractivity contribution in [2.75, 3.05) is 0 Å². The van der Waals surface area contributed by atoms with Gasteiger partial charge in [0, 0.05) is 29.0 Å². The summed E-state index contributed by atoms with van der Waals surface area (Å²) in [5.74, 6) is -4.09. The number of benzene rings is 3. The van der Waals surface area contributed by atoms with Crippen molar-refractivity contribution in [3.8, 4) is 22.6 Å². The van der Waals surface area contributed by atoms with Gasteiger partial charge in [0.2, 0.25) is 5.91 Å². The molecular formula is C31H23F5N2O5. The molecule has 1 aliphatic rings. The quantitative estimate of drug-likeness (QED) is 0.264. The molecule has 1 aliphatic heterocycles. The largest absolute Gasteiger partial charge is 0.481 e. The van der Waals surface area contributed by atoms with Gasteiger partial charge in [0.1, 0.15) is 29.2 Å². The van der Waals surface area contributed by atoms with Crippen LogP contribution < -0.4 is 15.6 Å². The second-order valence-electron chi connectivity index (χ2n) is 10.2. The molecule has 222 valence electrons. The number of alkyl halides is 3. The molecule has 3 aromatic carbocycles. The van der Waals surface area contributed by atoms with Crippen LogP contribution in [0, 0.1) is 25.5 Å². The molecular weight excluding hydrogens is 575 g/mol. The molecule has 7 nitrogen and oxygen atoms in total. The third-order valence-corrected chi connectivity index (χ3v) is 7.17. The standard InChI is InChI=1S/C31H23F5N2O5/c1-15-4-3-5-24-27(15)17-10-16(2)28(33)21(11-17)23(14-26(40)41)37-30(42)29(20-13-19(43-24)6-7-22(20)32)38-9-8-18(12-25(38)39)31(34,35)36/h3-13,23,29H,14H2,1-2H3,(H,37,42)(H,40,41)/t23-,29-/m1/s1. The van der Waals surface area contributed by atoms with Crippen molar-refractivity contribution in [1.29, 1.82) is 0 Å². The van der Waals surface area contributed by atoms with Gasteiger partial charge >= 0.3 is 12.1 Å². The fourth-order valence-electron chi connectivity index (χ4n) is 5.17. The molecule has 2 heterocycles. The van der Waals surface area contributed by atoms with Crippen LogP contribution in [0.25, 0.3) is 11.1 Å². The first-order valence-corrected chi connectivity index (χ1v) is 12.9. The van der Waals surface area contributed by atoms with Crippen molar-refractivity contribution in [2.24, 2.45) is 0 Å². The number of fused-ring (bicyclic) bond motifs is 6. The third kappa shape index (κ3) is 5.72. The summed E-state index contributed by atoms with van der Waals surface area (Å²) in [6, 6.07) is 8.71. The van der Waals surface area contributed by atoms with Crippen LogP contribution in [0.5, 0.6) is 11.5 Å². The van der Waals surface area contributed by atoms with Crippen molar-refractivity contribution in [3.63, 3.8) is 0 Å². The van der Waals surface area contributed by atoms with E-state index >= 15 is 8.78 Å². The van der Waals surface area contributed by atoms with Crippen LogP contribution in [0.2, 0.25) is 0 Å². The van der Waals surface area contributed by atoms with Gasteiger partial charge in [-0.1, -0.05) is 12.1 Å². The van der Waals surface area contributed by atoms with Crippen LogP contribution in [0.1, 0.15) is 46.3 Å². The maximum atomic E-state index is 15.6. The monoisotopic (exact) mass is 598 g/mol. The molecule has 1 amide bonds. The van der Waals surface area contributed by atoms with E-state index in [1.165, 1.54) is 25.1 Å². The second kappa shape index (κ2) is 11.0. The zero-order chi connectivity index (χ0) is 31.2. The summed E-state index contributed by atoms with van der Waals surface area (Å²) in [5.41, 5.74) is -1.43. The molecule has 43 heavy (non-hydrogen) atoms. The normalized spacial score (nSPS) is 16.6. The summed E-state index contributed by atoms with van der Waals surface area (Å²) in [6.07, 6.45) is -4.99. The average molecular weight is 599 g/mol. The lowest BCUT2D eigenvalue weighted by molar-refractivity contribution is -0.138. The number of halogens is 5. The zero-order valence-corrected chi connectivity index (χ0v) is 22.6. The summed E-state index contributed by atoms with van der Waals surface area (Å²) >= 11 is 0. The number of pyridine rings is 1. The van der Waals surface area contributed by atoms with Gasteiger partial charge in [-0.3, -0.25) is 19.0 Å². The number of nitrogens with zero attached hydrogens (tertiary/aromatic N) is 1. The van der Waals surface area contributed by atoms with Gasteiger partial charge in [0.15, 0.2) is 0 Å². The highest BCUT2D eigenvalue weighted by Gasteiger charge is 2.35.